The van der Waals surface area contributed by atoms with Crippen molar-refractivity contribution in [3.63, 3.8) is 0 Å². The van der Waals surface area contributed by atoms with E-state index >= 15 is 0 Å². The largest absolute Gasteiger partial charge is 0.482 e. The number of imidazole rings is 1. The zero-order valence-corrected chi connectivity index (χ0v) is 13.8. The van der Waals surface area contributed by atoms with E-state index in [2.05, 4.69) is 15.3 Å². The number of rotatable bonds is 4. The van der Waals surface area contributed by atoms with E-state index in [-0.39, 0.29) is 30.5 Å². The van der Waals surface area contributed by atoms with Crippen LogP contribution in [0.3, 0.4) is 0 Å². The molecule has 0 unspecified atom stereocenters. The third-order valence-corrected chi connectivity index (χ3v) is 4.05. The van der Waals surface area contributed by atoms with E-state index in [0.29, 0.717) is 11.3 Å². The van der Waals surface area contributed by atoms with Crippen LogP contribution in [0, 0.1) is 10.1 Å². The lowest BCUT2D eigenvalue weighted by Gasteiger charge is -2.28. The van der Waals surface area contributed by atoms with Gasteiger partial charge in [0, 0.05) is 12.1 Å². The summed E-state index contributed by atoms with van der Waals surface area (Å²) in [6, 6.07) is 11.2. The van der Waals surface area contributed by atoms with Crippen LogP contribution in [0.4, 0.5) is 17.3 Å². The van der Waals surface area contributed by atoms with Crippen molar-refractivity contribution in [2.24, 2.45) is 0 Å². The van der Waals surface area contributed by atoms with Crippen LogP contribution in [0.5, 0.6) is 5.75 Å². The maximum absolute atomic E-state index is 12.4. The Morgan fingerprint density at radius 3 is 2.93 bits per heavy atom. The molecule has 10 nitrogen and oxygen atoms in total. The molecule has 0 fully saturated rings. The quantitative estimate of drug-likeness (QED) is 0.534. The molecule has 10 heteroatoms. The second-order valence-electron chi connectivity index (χ2n) is 5.83. The van der Waals surface area contributed by atoms with Gasteiger partial charge < -0.3 is 9.72 Å². The highest BCUT2D eigenvalue weighted by Gasteiger charge is 2.29. The third-order valence-electron chi connectivity index (χ3n) is 4.05. The number of H-pyrrole nitrogens is 1. The monoisotopic (exact) mass is 367 g/mol. The Balaban J connectivity index is 1.56. The number of carbonyl (C=O) groups excluding carboxylic acids is 2. The molecule has 4 rings (SSSR count). The molecule has 0 radical (unpaired) electrons. The number of anilines is 2. The lowest BCUT2D eigenvalue weighted by atomic mass is 10.2. The number of nitrogens with one attached hydrogen (secondary N) is 2. The van der Waals surface area contributed by atoms with E-state index in [1.807, 2.05) is 18.2 Å². The van der Waals surface area contributed by atoms with E-state index in [1.54, 1.807) is 6.07 Å². The minimum absolute atomic E-state index is 0.181. The summed E-state index contributed by atoms with van der Waals surface area (Å²) >= 11 is 0. The van der Waals surface area contributed by atoms with Crippen LogP contribution in [0.15, 0.2) is 42.5 Å². The molecule has 0 saturated carbocycles. The summed E-state index contributed by atoms with van der Waals surface area (Å²) in [7, 11) is 0. The maximum atomic E-state index is 12.4. The number of para-hydroxylation sites is 2. The SMILES string of the molecule is O=C(CN1C(=O)COc2ccc([N+](=O)[O-])cc21)Nc1nc2ccccc2[nH]1. The van der Waals surface area contributed by atoms with Gasteiger partial charge in [-0.3, -0.25) is 29.9 Å². The van der Waals surface area contributed by atoms with Gasteiger partial charge in [-0.25, -0.2) is 4.98 Å². The van der Waals surface area contributed by atoms with E-state index < -0.39 is 16.7 Å². The molecule has 0 spiro atoms. The van der Waals surface area contributed by atoms with Crippen molar-refractivity contribution >= 4 is 40.2 Å². The van der Waals surface area contributed by atoms with Crippen molar-refractivity contribution < 1.29 is 19.2 Å². The molecule has 1 aliphatic rings. The molecule has 0 saturated heterocycles. The van der Waals surface area contributed by atoms with E-state index in [9.17, 15) is 19.7 Å². The van der Waals surface area contributed by atoms with Gasteiger partial charge in [-0.2, -0.15) is 0 Å². The summed E-state index contributed by atoms with van der Waals surface area (Å²) in [6.45, 7) is -0.573. The molecule has 27 heavy (non-hydrogen) atoms. The van der Waals surface area contributed by atoms with E-state index in [1.165, 1.54) is 18.2 Å². The summed E-state index contributed by atoms with van der Waals surface area (Å²) in [6.07, 6.45) is 0. The molecule has 136 valence electrons. The van der Waals surface area contributed by atoms with Crippen molar-refractivity contribution in [2.45, 2.75) is 0 Å². The first-order valence-corrected chi connectivity index (χ1v) is 7.97. The Hall–Kier alpha value is -3.95. The number of hydrogen-bond donors (Lipinski definition) is 2. The smallest absolute Gasteiger partial charge is 0.271 e. The standard InChI is InChI=1S/C17H13N5O5/c23-15(20-17-18-11-3-1-2-4-12(11)19-17)8-21-13-7-10(22(25)26)5-6-14(13)27-9-16(21)24/h1-7H,8-9H2,(H2,18,19,20,23). The summed E-state index contributed by atoms with van der Waals surface area (Å²) in [5.41, 5.74) is 1.43. The van der Waals surface area contributed by atoms with Crippen LogP contribution in [0.2, 0.25) is 0 Å². The van der Waals surface area contributed by atoms with Gasteiger partial charge in [-0.15, -0.1) is 0 Å². The normalized spacial score (nSPS) is 13.2. The van der Waals surface area contributed by atoms with Crippen molar-refractivity contribution in [3.8, 4) is 5.75 Å². The second kappa shape index (κ2) is 6.41. The van der Waals surface area contributed by atoms with Gasteiger partial charge in [0.05, 0.1) is 21.6 Å². The van der Waals surface area contributed by atoms with Crippen LogP contribution in [-0.2, 0) is 9.59 Å². The second-order valence-corrected chi connectivity index (χ2v) is 5.83. The van der Waals surface area contributed by atoms with Crippen LogP contribution in [-0.4, -0.2) is 39.9 Å². The molecule has 2 heterocycles. The van der Waals surface area contributed by atoms with Crippen molar-refractivity contribution in [3.05, 3.63) is 52.6 Å². The van der Waals surface area contributed by atoms with Crippen LogP contribution >= 0.6 is 0 Å². The van der Waals surface area contributed by atoms with Gasteiger partial charge in [0.1, 0.15) is 12.3 Å². The predicted octanol–water partition coefficient (Wildman–Crippen LogP) is 1.84. The molecule has 0 bridgehead atoms. The van der Waals surface area contributed by atoms with Gasteiger partial charge in [0.2, 0.25) is 11.9 Å². The summed E-state index contributed by atoms with van der Waals surface area (Å²) in [5.74, 6) is -0.414. The Labute approximate surface area is 151 Å². The Morgan fingerprint density at radius 2 is 2.15 bits per heavy atom. The van der Waals surface area contributed by atoms with Crippen LogP contribution in [0.1, 0.15) is 0 Å². The van der Waals surface area contributed by atoms with Crippen LogP contribution < -0.4 is 15.0 Å². The molecule has 2 aromatic carbocycles. The Bertz CT molecular complexity index is 1040. The van der Waals surface area contributed by atoms with Crippen molar-refractivity contribution in [2.75, 3.05) is 23.4 Å². The van der Waals surface area contributed by atoms with E-state index in [4.69, 9.17) is 4.74 Å². The summed E-state index contributed by atoms with van der Waals surface area (Å²) in [4.78, 5) is 43.4. The minimum atomic E-state index is -0.577. The van der Waals surface area contributed by atoms with Gasteiger partial charge >= 0.3 is 0 Å². The number of carbonyl (C=O) groups is 2. The lowest BCUT2D eigenvalue weighted by molar-refractivity contribution is -0.384. The first-order chi connectivity index (χ1) is 13.0. The summed E-state index contributed by atoms with van der Waals surface area (Å²) in [5, 5.41) is 13.6. The molecule has 0 aliphatic carbocycles. The summed E-state index contributed by atoms with van der Waals surface area (Å²) < 4.78 is 5.28. The molecule has 3 aromatic rings. The number of aromatic amines is 1. The Kier molecular flexibility index (Phi) is 3.92. The van der Waals surface area contributed by atoms with E-state index in [0.717, 1.165) is 10.4 Å². The highest BCUT2D eigenvalue weighted by molar-refractivity contribution is 6.05. The number of nitro groups is 1. The van der Waals surface area contributed by atoms with Gasteiger partial charge in [0.15, 0.2) is 6.61 Å². The third kappa shape index (κ3) is 3.15. The molecular formula is C17H13N5O5. The first kappa shape index (κ1) is 16.5. The molecular weight excluding hydrogens is 354 g/mol. The number of nitro benzene ring substituents is 1. The van der Waals surface area contributed by atoms with Gasteiger partial charge in [-0.05, 0) is 18.2 Å². The van der Waals surface area contributed by atoms with Crippen LogP contribution in [0.25, 0.3) is 11.0 Å². The average Bonchev–Trinajstić information content (AvgIpc) is 3.05. The molecule has 1 aromatic heterocycles. The Morgan fingerprint density at radius 1 is 1.33 bits per heavy atom. The fourth-order valence-corrected chi connectivity index (χ4v) is 2.80. The number of nitrogens with zero attached hydrogens (tertiary/aromatic N) is 3. The zero-order valence-electron chi connectivity index (χ0n) is 13.8. The number of non-ortho nitro benzene ring substituents is 1. The van der Waals surface area contributed by atoms with Crippen molar-refractivity contribution in [1.29, 1.82) is 0 Å². The number of benzene rings is 2. The fourth-order valence-electron chi connectivity index (χ4n) is 2.80. The minimum Gasteiger partial charge on any atom is -0.482 e. The van der Waals surface area contributed by atoms with Gasteiger partial charge in [-0.1, -0.05) is 12.1 Å². The topological polar surface area (TPSA) is 130 Å². The van der Waals surface area contributed by atoms with Crippen molar-refractivity contribution in [1.82, 2.24) is 9.97 Å². The first-order valence-electron chi connectivity index (χ1n) is 7.97. The zero-order chi connectivity index (χ0) is 19.0. The number of amides is 2. The lowest BCUT2D eigenvalue weighted by Crippen LogP contribution is -2.43. The predicted molar refractivity (Wildman–Crippen MR) is 95.7 cm³/mol. The molecule has 2 N–H and O–H groups in total. The fraction of sp³-hybridized carbons (Fsp3) is 0.118. The highest BCUT2D eigenvalue weighted by Crippen LogP contribution is 2.35. The number of ether oxygens (including phenoxy) is 1. The molecule has 1 aliphatic heterocycles. The number of fused-ring (bicyclic) bond motifs is 2. The average molecular weight is 367 g/mol. The molecule has 2 amide bonds. The van der Waals surface area contributed by atoms with Gasteiger partial charge in [0.25, 0.3) is 11.6 Å². The maximum Gasteiger partial charge on any atom is 0.271 e. The number of aromatic nitrogens is 2. The molecule has 0 atom stereocenters. The highest BCUT2D eigenvalue weighted by atomic mass is 16.6. The number of hydrogen-bond acceptors (Lipinski definition) is 6.